The zero-order valence-corrected chi connectivity index (χ0v) is 7.83. The van der Waals surface area contributed by atoms with Gasteiger partial charge in [0, 0.05) is 6.54 Å². The van der Waals surface area contributed by atoms with E-state index in [2.05, 4.69) is 36.2 Å². The molecule has 2 heteroatoms. The highest BCUT2D eigenvalue weighted by Crippen LogP contribution is 2.35. The summed E-state index contributed by atoms with van der Waals surface area (Å²) in [5.74, 6) is 0. The molecular weight excluding hydrogens is 170 g/mol. The number of benzene rings is 1. The van der Waals surface area contributed by atoms with Gasteiger partial charge >= 0.3 is 0 Å². The molecule has 12 heavy (non-hydrogen) atoms. The van der Waals surface area contributed by atoms with E-state index in [1.54, 1.807) is 0 Å². The maximum absolute atomic E-state index is 6.10. The van der Waals surface area contributed by atoms with Crippen LogP contribution in [0.5, 0.6) is 0 Å². The van der Waals surface area contributed by atoms with Crippen molar-refractivity contribution in [3.8, 4) is 0 Å². The van der Waals surface area contributed by atoms with E-state index in [0.717, 1.165) is 6.54 Å². The van der Waals surface area contributed by atoms with Gasteiger partial charge < -0.3 is 0 Å². The van der Waals surface area contributed by atoms with E-state index in [1.165, 1.54) is 5.56 Å². The third-order valence-electron chi connectivity index (χ3n) is 2.42. The lowest BCUT2D eigenvalue weighted by Gasteiger charge is -2.42. The second kappa shape index (κ2) is 3.08. The minimum absolute atomic E-state index is 0.289. The Hall–Kier alpha value is -0.530. The van der Waals surface area contributed by atoms with Crippen LogP contribution in [-0.4, -0.2) is 23.9 Å². The zero-order chi connectivity index (χ0) is 8.55. The summed E-state index contributed by atoms with van der Waals surface area (Å²) >= 11 is 6.10. The van der Waals surface area contributed by atoms with Gasteiger partial charge in [-0.2, -0.15) is 0 Å². The van der Waals surface area contributed by atoms with E-state index in [1.807, 2.05) is 6.07 Å². The van der Waals surface area contributed by atoms with Gasteiger partial charge in [0.25, 0.3) is 0 Å². The third kappa shape index (κ3) is 1.23. The molecule has 1 nitrogen and oxygen atoms in total. The van der Waals surface area contributed by atoms with E-state index in [9.17, 15) is 0 Å². The Morgan fingerprint density at radius 3 is 2.50 bits per heavy atom. The average Bonchev–Trinajstić information content (AvgIpc) is 2.05. The highest BCUT2D eigenvalue weighted by Gasteiger charge is 2.35. The van der Waals surface area contributed by atoms with Crippen LogP contribution in [0.2, 0.25) is 0 Å². The lowest BCUT2D eigenvalue weighted by Crippen LogP contribution is -2.48. The van der Waals surface area contributed by atoms with E-state index in [0.29, 0.717) is 6.04 Å². The number of hydrogen-bond acceptors (Lipinski definition) is 1. The van der Waals surface area contributed by atoms with Crippen molar-refractivity contribution in [2.45, 2.75) is 11.4 Å². The summed E-state index contributed by atoms with van der Waals surface area (Å²) < 4.78 is 0. The summed E-state index contributed by atoms with van der Waals surface area (Å²) in [6.45, 7) is 1.00. The van der Waals surface area contributed by atoms with E-state index >= 15 is 0 Å². The number of nitrogens with zero attached hydrogens (tertiary/aromatic N) is 1. The van der Waals surface area contributed by atoms with Crippen molar-refractivity contribution in [3.63, 3.8) is 0 Å². The van der Waals surface area contributed by atoms with Crippen molar-refractivity contribution in [1.82, 2.24) is 4.90 Å². The third-order valence-corrected chi connectivity index (χ3v) is 2.80. The highest BCUT2D eigenvalue weighted by atomic mass is 35.5. The quantitative estimate of drug-likeness (QED) is 0.601. The van der Waals surface area contributed by atoms with Crippen LogP contribution < -0.4 is 0 Å². The summed E-state index contributed by atoms with van der Waals surface area (Å²) in [4.78, 5) is 2.27. The fourth-order valence-electron chi connectivity index (χ4n) is 1.74. The zero-order valence-electron chi connectivity index (χ0n) is 7.07. The number of likely N-dealkylation sites (tertiary alicyclic amines) is 1. The molecule has 1 heterocycles. The lowest BCUT2D eigenvalue weighted by atomic mass is 9.95. The Morgan fingerprint density at radius 1 is 1.33 bits per heavy atom. The van der Waals surface area contributed by atoms with Gasteiger partial charge in [-0.3, -0.25) is 4.90 Å². The standard InChI is InChI=1S/C10H12ClN/c1-12-7-9(11)10(12)8-5-3-2-4-6-8/h2-6,9-10H,7H2,1H3/t9-,10+/m1/s1. The molecule has 1 aliphatic heterocycles. The van der Waals surface area contributed by atoms with Gasteiger partial charge in [0.1, 0.15) is 0 Å². The number of rotatable bonds is 1. The molecule has 0 spiro atoms. The first-order valence-electron chi connectivity index (χ1n) is 4.18. The molecule has 1 aliphatic rings. The predicted molar refractivity (Wildman–Crippen MR) is 51.5 cm³/mol. The molecule has 0 bridgehead atoms. The second-order valence-electron chi connectivity index (χ2n) is 3.31. The number of hydrogen-bond donors (Lipinski definition) is 0. The van der Waals surface area contributed by atoms with E-state index < -0.39 is 0 Å². The fraction of sp³-hybridized carbons (Fsp3) is 0.400. The topological polar surface area (TPSA) is 3.24 Å². The number of alkyl halides is 1. The second-order valence-corrected chi connectivity index (χ2v) is 3.87. The molecule has 0 aromatic heterocycles. The SMILES string of the molecule is CN1C[C@@H](Cl)[C@@H]1c1ccccc1. The normalized spacial score (nSPS) is 29.8. The summed E-state index contributed by atoms with van der Waals surface area (Å²) in [6.07, 6.45) is 0. The van der Waals surface area contributed by atoms with Gasteiger partial charge in [0.05, 0.1) is 11.4 Å². The van der Waals surface area contributed by atoms with Gasteiger partial charge in [-0.15, -0.1) is 11.6 Å². The lowest BCUT2D eigenvalue weighted by molar-refractivity contribution is 0.134. The Kier molecular flexibility index (Phi) is 2.07. The highest BCUT2D eigenvalue weighted by molar-refractivity contribution is 6.21. The summed E-state index contributed by atoms with van der Waals surface area (Å²) in [5.41, 5.74) is 1.33. The smallest absolute Gasteiger partial charge is 0.0659 e. The summed E-state index contributed by atoms with van der Waals surface area (Å²) in [5, 5.41) is 0.289. The van der Waals surface area contributed by atoms with E-state index in [-0.39, 0.29) is 5.38 Å². The Morgan fingerprint density at radius 2 is 2.00 bits per heavy atom. The van der Waals surface area contributed by atoms with Gasteiger partial charge in [0.2, 0.25) is 0 Å². The first kappa shape index (κ1) is 8.09. The van der Waals surface area contributed by atoms with Gasteiger partial charge in [-0.25, -0.2) is 0 Å². The molecular formula is C10H12ClN. The molecule has 1 fully saturated rings. The molecule has 0 amide bonds. The Balaban J connectivity index is 2.20. The molecule has 2 rings (SSSR count). The summed E-state index contributed by atoms with van der Waals surface area (Å²) in [6, 6.07) is 10.8. The molecule has 0 radical (unpaired) electrons. The van der Waals surface area contributed by atoms with Crippen molar-refractivity contribution >= 4 is 11.6 Å². The first-order valence-corrected chi connectivity index (χ1v) is 4.62. The van der Waals surface area contributed by atoms with Crippen LogP contribution in [0, 0.1) is 0 Å². The molecule has 2 atom stereocenters. The van der Waals surface area contributed by atoms with E-state index in [4.69, 9.17) is 11.6 Å². The van der Waals surface area contributed by atoms with Crippen LogP contribution in [0.1, 0.15) is 11.6 Å². The minimum atomic E-state index is 0.289. The van der Waals surface area contributed by atoms with Crippen LogP contribution in [-0.2, 0) is 0 Å². The summed E-state index contributed by atoms with van der Waals surface area (Å²) in [7, 11) is 2.11. The van der Waals surface area contributed by atoms with Gasteiger partial charge in [-0.05, 0) is 12.6 Å². The van der Waals surface area contributed by atoms with Crippen molar-refractivity contribution in [3.05, 3.63) is 35.9 Å². The van der Waals surface area contributed by atoms with Crippen molar-refractivity contribution in [1.29, 1.82) is 0 Å². The molecule has 0 aliphatic carbocycles. The van der Waals surface area contributed by atoms with Crippen LogP contribution in [0.15, 0.2) is 30.3 Å². The van der Waals surface area contributed by atoms with Crippen molar-refractivity contribution < 1.29 is 0 Å². The van der Waals surface area contributed by atoms with Crippen LogP contribution in [0.25, 0.3) is 0 Å². The van der Waals surface area contributed by atoms with Crippen molar-refractivity contribution in [2.24, 2.45) is 0 Å². The molecule has 0 N–H and O–H groups in total. The number of halogens is 1. The van der Waals surface area contributed by atoms with Crippen LogP contribution in [0.3, 0.4) is 0 Å². The molecule has 1 aromatic rings. The maximum Gasteiger partial charge on any atom is 0.0659 e. The molecule has 64 valence electrons. The Bertz CT molecular complexity index is 252. The molecule has 0 unspecified atom stereocenters. The average molecular weight is 182 g/mol. The van der Waals surface area contributed by atoms with Crippen molar-refractivity contribution in [2.75, 3.05) is 13.6 Å². The predicted octanol–water partition coefficient (Wildman–Crippen LogP) is 2.28. The maximum atomic E-state index is 6.10. The minimum Gasteiger partial charge on any atom is -0.296 e. The fourth-order valence-corrected chi connectivity index (χ4v) is 2.30. The molecule has 1 aromatic carbocycles. The monoisotopic (exact) mass is 181 g/mol. The molecule has 1 saturated heterocycles. The van der Waals surface area contributed by atoms with Crippen LogP contribution >= 0.6 is 11.6 Å². The largest absolute Gasteiger partial charge is 0.296 e. The first-order chi connectivity index (χ1) is 5.79. The van der Waals surface area contributed by atoms with Gasteiger partial charge in [0.15, 0.2) is 0 Å². The van der Waals surface area contributed by atoms with Crippen LogP contribution in [0.4, 0.5) is 0 Å². The Labute approximate surface area is 77.9 Å². The molecule has 0 saturated carbocycles. The van der Waals surface area contributed by atoms with Gasteiger partial charge in [-0.1, -0.05) is 30.3 Å².